The van der Waals surface area contributed by atoms with Crippen LogP contribution in [0, 0.1) is 20.8 Å². The Hall–Kier alpha value is -2.81. The van der Waals surface area contributed by atoms with Crippen molar-refractivity contribution in [2.75, 3.05) is 5.32 Å². The van der Waals surface area contributed by atoms with Crippen LogP contribution in [0.4, 0.5) is 5.69 Å². The number of carbonyl (C=O) groups is 1. The summed E-state index contributed by atoms with van der Waals surface area (Å²) in [6.07, 6.45) is 4.43. The monoisotopic (exact) mass is 332 g/mol. The molecule has 0 spiro atoms. The van der Waals surface area contributed by atoms with Crippen molar-refractivity contribution in [2.45, 2.75) is 33.2 Å². The predicted octanol–water partition coefficient (Wildman–Crippen LogP) is 5.03. The van der Waals surface area contributed by atoms with Crippen molar-refractivity contribution in [2.24, 2.45) is 0 Å². The molecule has 0 unspecified atom stereocenters. The van der Waals surface area contributed by atoms with Crippen LogP contribution in [-0.4, -0.2) is 10.5 Å². The molecule has 0 aliphatic carbocycles. The maximum atomic E-state index is 12.7. The molecule has 0 aliphatic rings. The minimum absolute atomic E-state index is 0.0127. The van der Waals surface area contributed by atoms with Gasteiger partial charge in [0.2, 0.25) is 5.91 Å². The third-order valence-corrected chi connectivity index (χ3v) is 4.79. The van der Waals surface area contributed by atoms with Crippen LogP contribution in [0.25, 0.3) is 0 Å². The lowest BCUT2D eigenvalue weighted by Crippen LogP contribution is -2.20. The first-order chi connectivity index (χ1) is 12.1. The van der Waals surface area contributed by atoms with Gasteiger partial charge in [0.05, 0.1) is 12.5 Å². The number of nitrogens with zero attached hydrogens (tertiary/aromatic N) is 1. The fourth-order valence-corrected chi connectivity index (χ4v) is 3.16. The van der Waals surface area contributed by atoms with E-state index in [1.807, 2.05) is 55.7 Å². The van der Waals surface area contributed by atoms with Crippen LogP contribution in [0.2, 0.25) is 0 Å². The smallest absolute Gasteiger partial charge is 0.226 e. The van der Waals surface area contributed by atoms with Crippen LogP contribution >= 0.6 is 0 Å². The fraction of sp³-hybridized carbons (Fsp3) is 0.227. The quantitative estimate of drug-likeness (QED) is 0.698. The number of aromatic nitrogens is 1. The van der Waals surface area contributed by atoms with Gasteiger partial charge in [0.25, 0.3) is 0 Å². The summed E-state index contributed by atoms with van der Waals surface area (Å²) in [5, 5.41) is 3.08. The Bertz CT molecular complexity index is 865. The van der Waals surface area contributed by atoms with Crippen molar-refractivity contribution in [3.05, 3.63) is 89.2 Å². The van der Waals surface area contributed by atoms with E-state index < -0.39 is 0 Å². The van der Waals surface area contributed by atoms with Gasteiger partial charge in [-0.2, -0.15) is 0 Å². The number of aryl methyl sites for hydroxylation is 2. The summed E-state index contributed by atoms with van der Waals surface area (Å²) < 4.78 is 2.10. The zero-order valence-electron chi connectivity index (χ0n) is 15.0. The van der Waals surface area contributed by atoms with Gasteiger partial charge >= 0.3 is 0 Å². The van der Waals surface area contributed by atoms with E-state index in [0.29, 0.717) is 6.42 Å². The van der Waals surface area contributed by atoms with Gasteiger partial charge in [-0.15, -0.1) is 0 Å². The van der Waals surface area contributed by atoms with E-state index >= 15 is 0 Å². The molecule has 1 atom stereocenters. The number of rotatable bonds is 5. The molecule has 25 heavy (non-hydrogen) atoms. The van der Waals surface area contributed by atoms with Gasteiger partial charge < -0.3 is 9.88 Å². The third-order valence-electron chi connectivity index (χ3n) is 4.79. The van der Waals surface area contributed by atoms with Crippen LogP contribution in [0.3, 0.4) is 0 Å². The van der Waals surface area contributed by atoms with Gasteiger partial charge in [-0.3, -0.25) is 4.79 Å². The fourth-order valence-electron chi connectivity index (χ4n) is 3.16. The molecule has 1 heterocycles. The minimum atomic E-state index is -0.0127. The molecular weight excluding hydrogens is 308 g/mol. The zero-order chi connectivity index (χ0) is 17.8. The van der Waals surface area contributed by atoms with Crippen LogP contribution in [-0.2, 0) is 4.79 Å². The zero-order valence-corrected chi connectivity index (χ0v) is 15.0. The first kappa shape index (κ1) is 17.0. The van der Waals surface area contributed by atoms with Crippen molar-refractivity contribution in [3.63, 3.8) is 0 Å². The largest absolute Gasteiger partial charge is 0.346 e. The third kappa shape index (κ3) is 3.82. The van der Waals surface area contributed by atoms with Crippen molar-refractivity contribution in [1.29, 1.82) is 0 Å². The summed E-state index contributed by atoms with van der Waals surface area (Å²) in [4.78, 5) is 12.7. The second-order valence-electron chi connectivity index (χ2n) is 6.50. The van der Waals surface area contributed by atoms with Crippen LogP contribution < -0.4 is 5.32 Å². The summed E-state index contributed by atoms with van der Waals surface area (Å²) >= 11 is 0. The molecule has 3 aromatic rings. The topological polar surface area (TPSA) is 34.0 Å². The number of nitrogens with one attached hydrogen (secondary N) is 1. The molecule has 3 rings (SSSR count). The molecular formula is C22H24N2O. The SMILES string of the molecule is Cc1ccccc1[C@@H](CC(=O)Nc1cccc(C)c1C)n1cccc1. The summed E-state index contributed by atoms with van der Waals surface area (Å²) in [7, 11) is 0. The molecule has 128 valence electrons. The normalized spacial score (nSPS) is 12.0. The standard InChI is InChI=1S/C22H24N2O/c1-16-10-8-12-20(18(16)3)23-22(25)15-21(24-13-6-7-14-24)19-11-5-4-9-17(19)2/h4-14,21H,15H2,1-3H3,(H,23,25)/t21-/m1/s1. The maximum Gasteiger partial charge on any atom is 0.226 e. The average molecular weight is 332 g/mol. The number of hydrogen-bond donors (Lipinski definition) is 1. The highest BCUT2D eigenvalue weighted by Gasteiger charge is 2.19. The molecule has 2 aromatic carbocycles. The Morgan fingerprint density at radius 3 is 2.32 bits per heavy atom. The lowest BCUT2D eigenvalue weighted by Gasteiger charge is -2.21. The Morgan fingerprint density at radius 1 is 0.920 bits per heavy atom. The van der Waals surface area contributed by atoms with E-state index in [-0.39, 0.29) is 11.9 Å². The lowest BCUT2D eigenvalue weighted by atomic mass is 9.98. The average Bonchev–Trinajstić information content (AvgIpc) is 3.12. The lowest BCUT2D eigenvalue weighted by molar-refractivity contribution is -0.116. The molecule has 0 bridgehead atoms. The molecule has 0 saturated heterocycles. The van der Waals surface area contributed by atoms with E-state index in [1.165, 1.54) is 16.7 Å². The van der Waals surface area contributed by atoms with E-state index in [1.54, 1.807) is 0 Å². The van der Waals surface area contributed by atoms with E-state index in [0.717, 1.165) is 11.3 Å². The summed E-state index contributed by atoms with van der Waals surface area (Å²) in [6, 6.07) is 18.2. The molecule has 1 amide bonds. The first-order valence-corrected chi connectivity index (χ1v) is 8.60. The highest BCUT2D eigenvalue weighted by Crippen LogP contribution is 2.26. The molecule has 0 aliphatic heterocycles. The molecule has 3 nitrogen and oxygen atoms in total. The maximum absolute atomic E-state index is 12.7. The molecule has 0 fully saturated rings. The predicted molar refractivity (Wildman–Crippen MR) is 103 cm³/mol. The van der Waals surface area contributed by atoms with Crippen molar-refractivity contribution in [3.8, 4) is 0 Å². The summed E-state index contributed by atoms with van der Waals surface area (Å²) in [5.74, 6) is 0.0238. The van der Waals surface area contributed by atoms with Gasteiger partial charge in [0.15, 0.2) is 0 Å². The molecule has 0 saturated carbocycles. The summed E-state index contributed by atoms with van der Waals surface area (Å²) in [6.45, 7) is 6.19. The van der Waals surface area contributed by atoms with Crippen molar-refractivity contribution < 1.29 is 4.79 Å². The van der Waals surface area contributed by atoms with Crippen molar-refractivity contribution in [1.82, 2.24) is 4.57 Å². The van der Waals surface area contributed by atoms with E-state index in [9.17, 15) is 4.79 Å². The number of anilines is 1. The van der Waals surface area contributed by atoms with Gasteiger partial charge in [-0.1, -0.05) is 36.4 Å². The molecule has 1 N–H and O–H groups in total. The number of carbonyl (C=O) groups excluding carboxylic acids is 1. The Balaban J connectivity index is 1.85. The highest BCUT2D eigenvalue weighted by atomic mass is 16.1. The van der Waals surface area contributed by atoms with Gasteiger partial charge in [0.1, 0.15) is 0 Å². The first-order valence-electron chi connectivity index (χ1n) is 8.60. The number of amides is 1. The van der Waals surface area contributed by atoms with Gasteiger partial charge in [-0.05, 0) is 61.2 Å². The van der Waals surface area contributed by atoms with Crippen molar-refractivity contribution >= 4 is 11.6 Å². The molecule has 3 heteroatoms. The van der Waals surface area contributed by atoms with Crippen LogP contribution in [0.15, 0.2) is 67.0 Å². The summed E-state index contributed by atoms with van der Waals surface area (Å²) in [5.41, 5.74) is 5.56. The Labute approximate surface area is 149 Å². The highest BCUT2D eigenvalue weighted by molar-refractivity contribution is 5.92. The van der Waals surface area contributed by atoms with Gasteiger partial charge in [0, 0.05) is 18.1 Å². The molecule has 0 radical (unpaired) electrons. The van der Waals surface area contributed by atoms with Crippen LogP contribution in [0.5, 0.6) is 0 Å². The Morgan fingerprint density at radius 2 is 1.60 bits per heavy atom. The number of benzene rings is 2. The minimum Gasteiger partial charge on any atom is -0.346 e. The van der Waals surface area contributed by atoms with Gasteiger partial charge in [-0.25, -0.2) is 0 Å². The number of hydrogen-bond acceptors (Lipinski definition) is 1. The second-order valence-corrected chi connectivity index (χ2v) is 6.50. The molecule has 1 aromatic heterocycles. The van der Waals surface area contributed by atoms with Crippen LogP contribution in [0.1, 0.15) is 34.7 Å². The van der Waals surface area contributed by atoms with E-state index in [2.05, 4.69) is 41.9 Å². The Kier molecular flexibility index (Phi) is 5.03. The second kappa shape index (κ2) is 7.39. The van der Waals surface area contributed by atoms with E-state index in [4.69, 9.17) is 0 Å².